The molecule has 37 heavy (non-hydrogen) atoms. The second-order valence-electron chi connectivity index (χ2n) is 8.15. The maximum atomic E-state index is 13.2. The summed E-state index contributed by atoms with van der Waals surface area (Å²) in [5.41, 5.74) is -0.766. The summed E-state index contributed by atoms with van der Waals surface area (Å²) in [6, 6.07) is 11.9. The van der Waals surface area contributed by atoms with Crippen molar-refractivity contribution >= 4 is 46.6 Å². The Labute approximate surface area is 213 Å². The minimum absolute atomic E-state index is 0.0987. The largest absolute Gasteiger partial charge is 0.467 e. The molecule has 1 fully saturated rings. The van der Waals surface area contributed by atoms with Gasteiger partial charge < -0.3 is 14.6 Å². The third-order valence-corrected chi connectivity index (χ3v) is 5.86. The van der Waals surface area contributed by atoms with Crippen LogP contribution in [-0.4, -0.2) is 35.1 Å². The van der Waals surface area contributed by atoms with Crippen molar-refractivity contribution in [3.8, 4) is 0 Å². The van der Waals surface area contributed by atoms with Crippen molar-refractivity contribution in [3.05, 3.63) is 82.8 Å². The molecule has 3 aromatic rings. The van der Waals surface area contributed by atoms with Crippen LogP contribution in [0.25, 0.3) is 0 Å². The summed E-state index contributed by atoms with van der Waals surface area (Å²) in [6.07, 6.45) is -3.09. The fraction of sp³-hybridized carbons (Fsp3) is 0.200. The van der Waals surface area contributed by atoms with E-state index < -0.39 is 35.1 Å². The maximum Gasteiger partial charge on any atom is 0.417 e. The average molecular weight is 534 g/mol. The highest BCUT2D eigenvalue weighted by Gasteiger charge is 2.34. The summed E-state index contributed by atoms with van der Waals surface area (Å²) in [5, 5.41) is 1.84. The average Bonchev–Trinajstić information content (AvgIpc) is 3.48. The lowest BCUT2D eigenvalue weighted by molar-refractivity contribution is -0.137. The lowest BCUT2D eigenvalue weighted by Crippen LogP contribution is -2.37. The molecule has 8 nitrogen and oxygen atoms in total. The van der Waals surface area contributed by atoms with Crippen molar-refractivity contribution < 1.29 is 36.8 Å². The van der Waals surface area contributed by atoms with Crippen LogP contribution in [-0.2, 0) is 27.1 Å². The van der Waals surface area contributed by atoms with Crippen molar-refractivity contribution in [2.75, 3.05) is 16.8 Å². The summed E-state index contributed by atoms with van der Waals surface area (Å²) in [5.74, 6) is -1.63. The highest BCUT2D eigenvalue weighted by atomic mass is 35.5. The molecule has 0 bridgehead atoms. The molecule has 1 N–H and O–H groups in total. The van der Waals surface area contributed by atoms with Gasteiger partial charge in [-0.2, -0.15) is 13.2 Å². The van der Waals surface area contributed by atoms with Crippen molar-refractivity contribution in [2.45, 2.75) is 25.6 Å². The van der Waals surface area contributed by atoms with Gasteiger partial charge in [-0.25, -0.2) is 0 Å². The van der Waals surface area contributed by atoms with Gasteiger partial charge in [-0.15, -0.1) is 0 Å². The van der Waals surface area contributed by atoms with Gasteiger partial charge in [-0.1, -0.05) is 11.6 Å². The number of nitrogens with one attached hydrogen (secondary N) is 1. The van der Waals surface area contributed by atoms with Gasteiger partial charge in [0.25, 0.3) is 5.91 Å². The minimum Gasteiger partial charge on any atom is -0.467 e. The van der Waals surface area contributed by atoms with E-state index in [0.717, 1.165) is 15.9 Å². The number of hydrogen-bond donors (Lipinski definition) is 1. The molecule has 2 heterocycles. The molecule has 0 radical (unpaired) electrons. The second-order valence-corrected chi connectivity index (χ2v) is 8.56. The SMILES string of the molecule is O=C(CN(Cc1ccco1)C(=O)c1ccc(N2C(=O)CCC2=O)cc1)Nc1ccc(Cl)c(C(F)(F)F)c1. The third-order valence-electron chi connectivity index (χ3n) is 5.53. The molecule has 0 atom stereocenters. The van der Waals surface area contributed by atoms with Crippen molar-refractivity contribution in [3.63, 3.8) is 0 Å². The number of halogens is 4. The summed E-state index contributed by atoms with van der Waals surface area (Å²) in [6.45, 7) is -0.604. The molecule has 1 saturated heterocycles. The van der Waals surface area contributed by atoms with E-state index in [4.69, 9.17) is 16.0 Å². The summed E-state index contributed by atoms with van der Waals surface area (Å²) in [7, 11) is 0. The molecule has 4 rings (SSSR count). The first kappa shape index (κ1) is 26.0. The van der Waals surface area contributed by atoms with Gasteiger partial charge in [0.2, 0.25) is 17.7 Å². The smallest absolute Gasteiger partial charge is 0.417 e. The zero-order chi connectivity index (χ0) is 26.7. The number of anilines is 2. The second kappa shape index (κ2) is 10.5. The van der Waals surface area contributed by atoms with Crippen LogP contribution >= 0.6 is 11.6 Å². The van der Waals surface area contributed by atoms with E-state index in [9.17, 15) is 32.3 Å². The monoisotopic (exact) mass is 533 g/mol. The highest BCUT2D eigenvalue weighted by Crippen LogP contribution is 2.36. The van der Waals surface area contributed by atoms with Crippen molar-refractivity contribution in [2.24, 2.45) is 0 Å². The predicted molar refractivity (Wildman–Crippen MR) is 127 cm³/mol. The Morgan fingerprint density at radius 2 is 1.70 bits per heavy atom. The zero-order valence-electron chi connectivity index (χ0n) is 19.0. The Balaban J connectivity index is 1.52. The number of furan rings is 1. The van der Waals surface area contributed by atoms with Gasteiger partial charge in [0.1, 0.15) is 12.3 Å². The number of benzene rings is 2. The molecule has 0 aliphatic carbocycles. The topological polar surface area (TPSA) is 99.9 Å². The Bertz CT molecular complexity index is 1320. The van der Waals surface area contributed by atoms with Crippen LogP contribution in [0.5, 0.6) is 0 Å². The fourth-order valence-electron chi connectivity index (χ4n) is 3.78. The van der Waals surface area contributed by atoms with Gasteiger partial charge in [0.15, 0.2) is 0 Å². The maximum absolute atomic E-state index is 13.2. The number of hydrogen-bond acceptors (Lipinski definition) is 5. The van der Waals surface area contributed by atoms with Gasteiger partial charge >= 0.3 is 6.18 Å². The van der Waals surface area contributed by atoms with E-state index in [1.54, 1.807) is 12.1 Å². The van der Waals surface area contributed by atoms with E-state index in [-0.39, 0.29) is 42.5 Å². The summed E-state index contributed by atoms with van der Waals surface area (Å²) < 4.78 is 44.7. The molecule has 0 spiro atoms. The van der Waals surface area contributed by atoms with E-state index in [2.05, 4.69) is 5.32 Å². The Morgan fingerprint density at radius 1 is 1.03 bits per heavy atom. The molecular weight excluding hydrogens is 515 g/mol. The summed E-state index contributed by atoms with van der Waals surface area (Å²) >= 11 is 5.62. The van der Waals surface area contributed by atoms with E-state index in [1.165, 1.54) is 36.6 Å². The molecule has 4 amide bonds. The van der Waals surface area contributed by atoms with Gasteiger partial charge in [0, 0.05) is 24.1 Å². The minimum atomic E-state index is -4.71. The first-order valence-electron chi connectivity index (χ1n) is 11.0. The van der Waals surface area contributed by atoms with E-state index >= 15 is 0 Å². The number of carbonyl (C=O) groups is 4. The number of imide groups is 1. The number of nitrogens with zero attached hydrogens (tertiary/aromatic N) is 2. The van der Waals surface area contributed by atoms with Gasteiger partial charge in [0.05, 0.1) is 29.1 Å². The van der Waals surface area contributed by atoms with Crippen LogP contribution in [0.15, 0.2) is 65.3 Å². The molecule has 0 unspecified atom stereocenters. The molecule has 1 aliphatic heterocycles. The number of amides is 4. The van der Waals surface area contributed by atoms with Crippen molar-refractivity contribution in [1.29, 1.82) is 0 Å². The van der Waals surface area contributed by atoms with Crippen LogP contribution in [0.1, 0.15) is 34.5 Å². The number of rotatable bonds is 7. The lowest BCUT2D eigenvalue weighted by Gasteiger charge is -2.22. The van der Waals surface area contributed by atoms with Crippen LogP contribution in [0.4, 0.5) is 24.5 Å². The van der Waals surface area contributed by atoms with Gasteiger partial charge in [-0.3, -0.25) is 24.1 Å². The van der Waals surface area contributed by atoms with E-state index in [0.29, 0.717) is 17.5 Å². The third kappa shape index (κ3) is 6.00. The van der Waals surface area contributed by atoms with Crippen LogP contribution in [0, 0.1) is 0 Å². The molecule has 0 saturated carbocycles. The Hall–Kier alpha value is -4.12. The zero-order valence-corrected chi connectivity index (χ0v) is 19.8. The van der Waals surface area contributed by atoms with E-state index in [1.807, 2.05) is 0 Å². The summed E-state index contributed by atoms with van der Waals surface area (Å²) in [4.78, 5) is 52.1. The first-order valence-corrected chi connectivity index (χ1v) is 11.3. The van der Waals surface area contributed by atoms with Crippen LogP contribution < -0.4 is 10.2 Å². The quantitative estimate of drug-likeness (QED) is 0.436. The standard InChI is InChI=1S/C25H19ClF3N3O5/c26-20-8-5-16(12-19(20)25(27,28)29)30-21(33)14-31(13-18-2-1-11-37-18)24(36)15-3-6-17(7-4-15)32-22(34)9-10-23(32)35/h1-8,11-12H,9-10,13-14H2,(H,30,33). The molecule has 192 valence electrons. The predicted octanol–water partition coefficient (Wildman–Crippen LogP) is 4.89. The molecule has 12 heteroatoms. The van der Waals surface area contributed by atoms with Crippen LogP contribution in [0.2, 0.25) is 5.02 Å². The van der Waals surface area contributed by atoms with Crippen LogP contribution in [0.3, 0.4) is 0 Å². The molecule has 1 aliphatic rings. The lowest BCUT2D eigenvalue weighted by atomic mass is 10.1. The van der Waals surface area contributed by atoms with Gasteiger partial charge in [-0.05, 0) is 54.6 Å². The first-order chi connectivity index (χ1) is 17.5. The normalized spacial score (nSPS) is 13.7. The van der Waals surface area contributed by atoms with Crippen molar-refractivity contribution in [1.82, 2.24) is 4.90 Å². The Kier molecular flexibility index (Phi) is 7.35. The number of alkyl halides is 3. The number of carbonyl (C=O) groups excluding carboxylic acids is 4. The molecule has 2 aromatic carbocycles. The highest BCUT2D eigenvalue weighted by molar-refractivity contribution is 6.31. The molecule has 1 aromatic heterocycles. The Morgan fingerprint density at radius 3 is 2.30 bits per heavy atom. The fourth-order valence-corrected chi connectivity index (χ4v) is 4.01. The molecular formula is C25H19ClF3N3O5.